The number of halogens is 1. The SMILES string of the molecule is CCOc1cc(C=NNC(=O)C(C)NC(=O)Cc2ccc(OC)cc2)ccc1OCc1ccccc1Cl. The van der Waals surface area contributed by atoms with Crippen molar-refractivity contribution in [2.24, 2.45) is 5.10 Å². The second-order valence-electron chi connectivity index (χ2n) is 8.07. The fourth-order valence-corrected chi connectivity index (χ4v) is 3.51. The minimum Gasteiger partial charge on any atom is -0.497 e. The van der Waals surface area contributed by atoms with E-state index in [9.17, 15) is 9.59 Å². The van der Waals surface area contributed by atoms with E-state index in [1.807, 2.05) is 31.2 Å². The predicted molar refractivity (Wildman–Crippen MR) is 143 cm³/mol. The first-order valence-corrected chi connectivity index (χ1v) is 12.2. The zero-order valence-electron chi connectivity index (χ0n) is 21.0. The number of amides is 2. The summed E-state index contributed by atoms with van der Waals surface area (Å²) < 4.78 is 16.7. The molecule has 2 N–H and O–H groups in total. The molecule has 1 atom stereocenters. The van der Waals surface area contributed by atoms with Crippen molar-refractivity contribution in [2.75, 3.05) is 13.7 Å². The monoisotopic (exact) mass is 523 g/mol. The lowest BCUT2D eigenvalue weighted by Crippen LogP contribution is -2.43. The summed E-state index contributed by atoms with van der Waals surface area (Å²) >= 11 is 6.21. The van der Waals surface area contributed by atoms with Crippen LogP contribution in [0.4, 0.5) is 0 Å². The molecular formula is C28H30ClN3O5. The molecule has 0 aliphatic heterocycles. The Hall–Kier alpha value is -4.04. The highest BCUT2D eigenvalue weighted by Gasteiger charge is 2.15. The number of carbonyl (C=O) groups excluding carboxylic acids is 2. The number of ether oxygens (including phenoxy) is 3. The van der Waals surface area contributed by atoms with Gasteiger partial charge < -0.3 is 19.5 Å². The van der Waals surface area contributed by atoms with Crippen molar-refractivity contribution in [3.8, 4) is 17.2 Å². The van der Waals surface area contributed by atoms with Crippen LogP contribution in [0.3, 0.4) is 0 Å². The Kier molecular flexibility index (Phi) is 10.3. The van der Waals surface area contributed by atoms with Crippen LogP contribution >= 0.6 is 11.6 Å². The maximum atomic E-state index is 12.4. The minimum atomic E-state index is -0.762. The van der Waals surface area contributed by atoms with Crippen LogP contribution in [0.5, 0.6) is 17.2 Å². The van der Waals surface area contributed by atoms with Gasteiger partial charge in [-0.1, -0.05) is 41.9 Å². The molecule has 0 aromatic heterocycles. The average Bonchev–Trinajstić information content (AvgIpc) is 2.89. The van der Waals surface area contributed by atoms with Crippen LogP contribution in [-0.4, -0.2) is 37.8 Å². The lowest BCUT2D eigenvalue weighted by Gasteiger charge is -2.13. The maximum Gasteiger partial charge on any atom is 0.262 e. The fourth-order valence-electron chi connectivity index (χ4n) is 3.32. The van der Waals surface area contributed by atoms with Crippen molar-refractivity contribution in [1.29, 1.82) is 0 Å². The minimum absolute atomic E-state index is 0.149. The van der Waals surface area contributed by atoms with Gasteiger partial charge in [0.05, 0.1) is 26.4 Å². The third-order valence-electron chi connectivity index (χ3n) is 5.29. The molecule has 37 heavy (non-hydrogen) atoms. The Labute approximate surface area is 221 Å². The molecule has 194 valence electrons. The molecule has 0 fully saturated rings. The molecule has 0 heterocycles. The first-order valence-electron chi connectivity index (χ1n) is 11.8. The van der Waals surface area contributed by atoms with Crippen LogP contribution in [-0.2, 0) is 22.6 Å². The van der Waals surface area contributed by atoms with E-state index >= 15 is 0 Å². The number of nitrogens with zero attached hydrogens (tertiary/aromatic N) is 1. The fraction of sp³-hybridized carbons (Fsp3) is 0.250. The third kappa shape index (κ3) is 8.54. The van der Waals surface area contributed by atoms with E-state index in [1.54, 1.807) is 56.5 Å². The van der Waals surface area contributed by atoms with Crippen LogP contribution in [0.1, 0.15) is 30.5 Å². The highest BCUT2D eigenvalue weighted by Crippen LogP contribution is 2.29. The second-order valence-corrected chi connectivity index (χ2v) is 8.47. The number of hydrazone groups is 1. The van der Waals surface area contributed by atoms with Crippen molar-refractivity contribution in [2.45, 2.75) is 32.9 Å². The molecule has 0 spiro atoms. The highest BCUT2D eigenvalue weighted by atomic mass is 35.5. The van der Waals surface area contributed by atoms with Gasteiger partial charge in [0.1, 0.15) is 18.4 Å². The van der Waals surface area contributed by atoms with E-state index in [2.05, 4.69) is 15.8 Å². The number of nitrogens with one attached hydrogen (secondary N) is 2. The first kappa shape index (κ1) is 27.5. The van der Waals surface area contributed by atoms with Crippen LogP contribution in [0.15, 0.2) is 71.8 Å². The summed E-state index contributed by atoms with van der Waals surface area (Å²) in [5.41, 5.74) is 4.82. The topological polar surface area (TPSA) is 98.2 Å². The van der Waals surface area contributed by atoms with Crippen molar-refractivity contribution < 1.29 is 23.8 Å². The number of hydrogen-bond acceptors (Lipinski definition) is 6. The lowest BCUT2D eigenvalue weighted by molar-refractivity contribution is -0.128. The summed E-state index contributed by atoms with van der Waals surface area (Å²) in [5, 5.41) is 7.30. The molecule has 0 radical (unpaired) electrons. The summed E-state index contributed by atoms with van der Waals surface area (Å²) in [6, 6.07) is 19.2. The van der Waals surface area contributed by atoms with Crippen molar-refractivity contribution >= 4 is 29.6 Å². The molecule has 2 amide bonds. The van der Waals surface area contributed by atoms with Crippen LogP contribution in [0.25, 0.3) is 0 Å². The van der Waals surface area contributed by atoms with Gasteiger partial charge in [-0.05, 0) is 61.4 Å². The lowest BCUT2D eigenvalue weighted by atomic mass is 10.1. The Balaban J connectivity index is 1.53. The quantitative estimate of drug-likeness (QED) is 0.268. The van der Waals surface area contributed by atoms with Gasteiger partial charge in [-0.25, -0.2) is 5.43 Å². The molecular weight excluding hydrogens is 494 g/mol. The first-order chi connectivity index (χ1) is 17.9. The van der Waals surface area contributed by atoms with Crippen LogP contribution in [0.2, 0.25) is 5.02 Å². The molecule has 9 heteroatoms. The van der Waals surface area contributed by atoms with Gasteiger partial charge in [0.15, 0.2) is 11.5 Å². The summed E-state index contributed by atoms with van der Waals surface area (Å²) in [6.45, 7) is 4.22. The van der Waals surface area contributed by atoms with Gasteiger partial charge >= 0.3 is 0 Å². The number of rotatable bonds is 12. The Morgan fingerprint density at radius 1 is 1.03 bits per heavy atom. The van der Waals surface area contributed by atoms with Crippen molar-refractivity contribution in [3.63, 3.8) is 0 Å². The Morgan fingerprint density at radius 3 is 2.49 bits per heavy atom. The second kappa shape index (κ2) is 13.9. The summed E-state index contributed by atoms with van der Waals surface area (Å²) in [5.74, 6) is 1.11. The number of hydrogen-bond donors (Lipinski definition) is 2. The molecule has 1 unspecified atom stereocenters. The van der Waals surface area contributed by atoms with Crippen molar-refractivity contribution in [3.05, 3.63) is 88.4 Å². The third-order valence-corrected chi connectivity index (χ3v) is 5.66. The predicted octanol–water partition coefficient (Wildman–Crippen LogP) is 4.52. The normalized spacial score (nSPS) is 11.6. The van der Waals surface area contributed by atoms with Gasteiger partial charge in [-0.3, -0.25) is 9.59 Å². The van der Waals surface area contributed by atoms with Gasteiger partial charge in [-0.15, -0.1) is 0 Å². The maximum absolute atomic E-state index is 12.4. The standard InChI is InChI=1S/C28H30ClN3O5/c1-4-36-26-15-21(11-14-25(26)37-18-22-7-5-6-8-24(22)29)17-30-32-28(34)19(2)31-27(33)16-20-9-12-23(35-3)13-10-20/h5-15,17,19H,4,16,18H2,1-3H3,(H,31,33)(H,32,34). The molecule has 3 aromatic carbocycles. The molecule has 0 bridgehead atoms. The zero-order chi connectivity index (χ0) is 26.6. The van der Waals surface area contributed by atoms with E-state index in [1.165, 1.54) is 6.21 Å². The summed E-state index contributed by atoms with van der Waals surface area (Å²) in [6.07, 6.45) is 1.64. The zero-order valence-corrected chi connectivity index (χ0v) is 21.7. The van der Waals surface area contributed by atoms with Gasteiger partial charge in [-0.2, -0.15) is 5.10 Å². The summed E-state index contributed by atoms with van der Waals surface area (Å²) in [7, 11) is 1.58. The van der Waals surface area contributed by atoms with E-state index in [0.717, 1.165) is 11.1 Å². The van der Waals surface area contributed by atoms with Crippen molar-refractivity contribution in [1.82, 2.24) is 10.7 Å². The molecule has 3 aromatic rings. The number of benzene rings is 3. The molecule has 8 nitrogen and oxygen atoms in total. The van der Waals surface area contributed by atoms with Gasteiger partial charge in [0, 0.05) is 10.6 Å². The summed E-state index contributed by atoms with van der Waals surface area (Å²) in [4.78, 5) is 24.6. The number of carbonyl (C=O) groups is 2. The Bertz CT molecular complexity index is 1230. The van der Waals surface area contributed by atoms with Crippen LogP contribution in [0, 0.1) is 0 Å². The van der Waals surface area contributed by atoms with E-state index in [-0.39, 0.29) is 12.3 Å². The number of methoxy groups -OCH3 is 1. The van der Waals surface area contributed by atoms with E-state index < -0.39 is 11.9 Å². The average molecular weight is 524 g/mol. The Morgan fingerprint density at radius 2 is 1.78 bits per heavy atom. The largest absolute Gasteiger partial charge is 0.497 e. The van der Waals surface area contributed by atoms with Crippen LogP contribution < -0.4 is 25.0 Å². The molecule has 0 aliphatic rings. The highest BCUT2D eigenvalue weighted by molar-refractivity contribution is 6.31. The smallest absolute Gasteiger partial charge is 0.262 e. The molecule has 0 aliphatic carbocycles. The molecule has 0 saturated carbocycles. The van der Waals surface area contributed by atoms with E-state index in [4.69, 9.17) is 25.8 Å². The van der Waals surface area contributed by atoms with Gasteiger partial charge in [0.25, 0.3) is 5.91 Å². The molecule has 0 saturated heterocycles. The molecule has 3 rings (SSSR count). The van der Waals surface area contributed by atoms with Gasteiger partial charge in [0.2, 0.25) is 5.91 Å². The van der Waals surface area contributed by atoms with E-state index in [0.29, 0.717) is 41.0 Å².